The van der Waals surface area contributed by atoms with Gasteiger partial charge in [-0.25, -0.2) is 0 Å². The molecule has 0 spiro atoms. The molecular formula is C17H16O4S. The second-order valence-corrected chi connectivity index (χ2v) is 5.58. The smallest absolute Gasteiger partial charge is 0.311 e. The van der Waals surface area contributed by atoms with E-state index in [2.05, 4.69) is 4.74 Å². The first-order valence-corrected chi connectivity index (χ1v) is 7.59. The number of hydrogen-bond acceptors (Lipinski definition) is 5. The number of hydrogen-bond donors (Lipinski definition) is 0. The summed E-state index contributed by atoms with van der Waals surface area (Å²) in [4.78, 5) is 24.7. The molecule has 0 bridgehead atoms. The minimum absolute atomic E-state index is 0.00713. The first kappa shape index (κ1) is 16.1. The van der Waals surface area contributed by atoms with Gasteiger partial charge < -0.3 is 9.47 Å². The van der Waals surface area contributed by atoms with Gasteiger partial charge in [-0.1, -0.05) is 30.0 Å². The fourth-order valence-electron chi connectivity index (χ4n) is 1.69. The second kappa shape index (κ2) is 8.24. The zero-order valence-electron chi connectivity index (χ0n) is 12.2. The van der Waals surface area contributed by atoms with Crippen molar-refractivity contribution in [3.8, 4) is 5.75 Å². The van der Waals surface area contributed by atoms with Gasteiger partial charge >= 0.3 is 11.9 Å². The molecule has 0 unspecified atom stereocenters. The highest BCUT2D eigenvalue weighted by molar-refractivity contribution is 7.99. The minimum Gasteiger partial charge on any atom is -0.469 e. The van der Waals surface area contributed by atoms with Crippen molar-refractivity contribution >= 4 is 23.7 Å². The summed E-state index contributed by atoms with van der Waals surface area (Å²) in [6.07, 6.45) is 0.0322. The normalized spacial score (nSPS) is 10.0. The Morgan fingerprint density at radius 2 is 1.45 bits per heavy atom. The molecule has 4 nitrogen and oxygen atoms in total. The van der Waals surface area contributed by atoms with Crippen LogP contribution in [0.2, 0.25) is 0 Å². The summed E-state index contributed by atoms with van der Waals surface area (Å²) < 4.78 is 9.63. The quantitative estimate of drug-likeness (QED) is 0.601. The van der Waals surface area contributed by atoms with E-state index in [-0.39, 0.29) is 12.8 Å². The number of ether oxygens (including phenoxy) is 2. The topological polar surface area (TPSA) is 52.6 Å². The Morgan fingerprint density at radius 3 is 2.09 bits per heavy atom. The van der Waals surface area contributed by atoms with Gasteiger partial charge in [0, 0.05) is 9.79 Å². The van der Waals surface area contributed by atoms with E-state index >= 15 is 0 Å². The lowest BCUT2D eigenvalue weighted by Crippen LogP contribution is -2.11. The molecule has 114 valence electrons. The van der Waals surface area contributed by atoms with Crippen LogP contribution in [0.5, 0.6) is 5.75 Å². The number of methoxy groups -OCH3 is 1. The third kappa shape index (κ3) is 5.26. The molecule has 0 aliphatic heterocycles. The molecule has 0 radical (unpaired) electrons. The van der Waals surface area contributed by atoms with E-state index in [0.717, 1.165) is 9.79 Å². The van der Waals surface area contributed by atoms with Crippen LogP contribution < -0.4 is 4.74 Å². The van der Waals surface area contributed by atoms with E-state index in [9.17, 15) is 9.59 Å². The van der Waals surface area contributed by atoms with Crippen molar-refractivity contribution in [2.75, 3.05) is 7.11 Å². The van der Waals surface area contributed by atoms with Gasteiger partial charge in [0.1, 0.15) is 5.75 Å². The molecule has 2 rings (SSSR count). The average Bonchev–Trinajstić information content (AvgIpc) is 2.55. The minimum atomic E-state index is -0.450. The molecule has 0 fully saturated rings. The number of benzene rings is 2. The molecule has 0 atom stereocenters. The summed E-state index contributed by atoms with van der Waals surface area (Å²) in [5.41, 5.74) is 0. The van der Waals surface area contributed by atoms with Crippen molar-refractivity contribution in [1.29, 1.82) is 0 Å². The molecule has 0 aromatic heterocycles. The van der Waals surface area contributed by atoms with Gasteiger partial charge in [-0.3, -0.25) is 9.59 Å². The van der Waals surface area contributed by atoms with Gasteiger partial charge in [-0.15, -0.1) is 0 Å². The number of esters is 2. The number of rotatable bonds is 6. The standard InChI is InChI=1S/C17H16O4S/c1-20-16(18)11-12-17(19)21-13-7-9-15(10-8-13)22-14-5-3-2-4-6-14/h2-10H,11-12H2,1H3. The van der Waals surface area contributed by atoms with E-state index in [1.807, 2.05) is 42.5 Å². The first-order valence-electron chi connectivity index (χ1n) is 6.78. The first-order chi connectivity index (χ1) is 10.7. The van der Waals surface area contributed by atoms with Gasteiger partial charge in [0.15, 0.2) is 0 Å². The van der Waals surface area contributed by atoms with Crippen molar-refractivity contribution < 1.29 is 19.1 Å². The fraction of sp³-hybridized carbons (Fsp3) is 0.176. The Morgan fingerprint density at radius 1 is 0.864 bits per heavy atom. The third-order valence-corrected chi connectivity index (χ3v) is 3.81. The van der Waals surface area contributed by atoms with Crippen LogP contribution in [0.15, 0.2) is 64.4 Å². The van der Waals surface area contributed by atoms with Crippen LogP contribution in [-0.2, 0) is 14.3 Å². The maximum atomic E-state index is 11.6. The molecule has 0 aliphatic rings. The molecule has 0 saturated carbocycles. The lowest BCUT2D eigenvalue weighted by Gasteiger charge is -2.05. The number of carbonyl (C=O) groups excluding carboxylic acids is 2. The average molecular weight is 316 g/mol. The van der Waals surface area contributed by atoms with Crippen molar-refractivity contribution in [2.24, 2.45) is 0 Å². The van der Waals surface area contributed by atoms with Crippen LogP contribution in [0.25, 0.3) is 0 Å². The van der Waals surface area contributed by atoms with Crippen LogP contribution in [-0.4, -0.2) is 19.0 Å². The van der Waals surface area contributed by atoms with Gasteiger partial charge in [0.25, 0.3) is 0 Å². The molecule has 0 heterocycles. The predicted molar refractivity (Wildman–Crippen MR) is 83.9 cm³/mol. The van der Waals surface area contributed by atoms with Gasteiger partial charge in [-0.05, 0) is 36.4 Å². The van der Waals surface area contributed by atoms with Crippen molar-refractivity contribution in [3.05, 3.63) is 54.6 Å². The molecule has 22 heavy (non-hydrogen) atoms. The Balaban J connectivity index is 1.86. The number of carbonyl (C=O) groups is 2. The Labute approximate surface area is 133 Å². The van der Waals surface area contributed by atoms with Gasteiger partial charge in [-0.2, -0.15) is 0 Å². The summed E-state index contributed by atoms with van der Waals surface area (Å²) in [6.45, 7) is 0. The Hall–Kier alpha value is -2.27. The fourth-order valence-corrected chi connectivity index (χ4v) is 2.53. The maximum absolute atomic E-state index is 11.6. The highest BCUT2D eigenvalue weighted by atomic mass is 32.2. The van der Waals surface area contributed by atoms with E-state index in [4.69, 9.17) is 4.74 Å². The third-order valence-electron chi connectivity index (χ3n) is 2.80. The largest absolute Gasteiger partial charge is 0.469 e. The Kier molecular flexibility index (Phi) is 6.03. The summed E-state index contributed by atoms with van der Waals surface area (Å²) >= 11 is 1.63. The molecular weight excluding hydrogens is 300 g/mol. The molecule has 2 aromatic rings. The zero-order chi connectivity index (χ0) is 15.8. The van der Waals surface area contributed by atoms with Crippen LogP contribution in [0.1, 0.15) is 12.8 Å². The van der Waals surface area contributed by atoms with Crippen LogP contribution in [0.4, 0.5) is 0 Å². The Bertz CT molecular complexity index is 623. The summed E-state index contributed by atoms with van der Waals surface area (Å²) in [5.74, 6) is -0.410. The second-order valence-electron chi connectivity index (χ2n) is 4.44. The molecule has 0 saturated heterocycles. The van der Waals surface area contributed by atoms with Gasteiger partial charge in [0.05, 0.1) is 20.0 Å². The van der Waals surface area contributed by atoms with Crippen LogP contribution >= 0.6 is 11.8 Å². The molecule has 5 heteroatoms. The maximum Gasteiger partial charge on any atom is 0.311 e. The van der Waals surface area contributed by atoms with E-state index in [1.165, 1.54) is 7.11 Å². The molecule has 0 aliphatic carbocycles. The molecule has 0 amide bonds. The summed E-state index contributed by atoms with van der Waals surface area (Å²) in [7, 11) is 1.29. The van der Waals surface area contributed by atoms with Crippen LogP contribution in [0, 0.1) is 0 Å². The molecule has 2 aromatic carbocycles. The summed E-state index contributed by atoms with van der Waals surface area (Å²) in [6, 6.07) is 17.3. The molecule has 0 N–H and O–H groups in total. The van der Waals surface area contributed by atoms with E-state index in [1.54, 1.807) is 23.9 Å². The van der Waals surface area contributed by atoms with Crippen molar-refractivity contribution in [2.45, 2.75) is 22.6 Å². The van der Waals surface area contributed by atoms with Gasteiger partial charge in [0.2, 0.25) is 0 Å². The highest BCUT2D eigenvalue weighted by Crippen LogP contribution is 2.28. The van der Waals surface area contributed by atoms with E-state index < -0.39 is 11.9 Å². The van der Waals surface area contributed by atoms with Crippen molar-refractivity contribution in [1.82, 2.24) is 0 Å². The SMILES string of the molecule is COC(=O)CCC(=O)Oc1ccc(Sc2ccccc2)cc1. The lowest BCUT2D eigenvalue weighted by molar-refractivity contribution is -0.144. The summed E-state index contributed by atoms with van der Waals surface area (Å²) in [5, 5.41) is 0. The van der Waals surface area contributed by atoms with Crippen LogP contribution in [0.3, 0.4) is 0 Å². The lowest BCUT2D eigenvalue weighted by atomic mass is 10.3. The monoisotopic (exact) mass is 316 g/mol. The highest BCUT2D eigenvalue weighted by Gasteiger charge is 2.09. The predicted octanol–water partition coefficient (Wildman–Crippen LogP) is 3.70. The van der Waals surface area contributed by atoms with Crippen molar-refractivity contribution in [3.63, 3.8) is 0 Å². The zero-order valence-corrected chi connectivity index (χ0v) is 13.0. The van der Waals surface area contributed by atoms with E-state index in [0.29, 0.717) is 5.75 Å².